The van der Waals surface area contributed by atoms with Gasteiger partial charge in [0.15, 0.2) is 0 Å². The molecule has 1 heterocycles. The molecule has 1 aliphatic heterocycles. The summed E-state index contributed by atoms with van der Waals surface area (Å²) in [6.45, 7) is 9.73. The highest BCUT2D eigenvalue weighted by Crippen LogP contribution is 2.26. The van der Waals surface area contributed by atoms with Gasteiger partial charge in [0.25, 0.3) is 0 Å². The van der Waals surface area contributed by atoms with E-state index >= 15 is 0 Å². The molecule has 4 N–H and O–H groups in total. The van der Waals surface area contributed by atoms with Crippen molar-refractivity contribution < 1.29 is 24.2 Å². The minimum Gasteiger partial charge on any atom is -0.449 e. The van der Waals surface area contributed by atoms with Gasteiger partial charge in [0.1, 0.15) is 12.6 Å². The molecule has 1 aromatic carbocycles. The van der Waals surface area contributed by atoms with Crippen molar-refractivity contribution in [3.05, 3.63) is 34.9 Å². The van der Waals surface area contributed by atoms with Crippen LogP contribution in [0.4, 0.5) is 4.79 Å². The van der Waals surface area contributed by atoms with Crippen molar-refractivity contribution in [3.63, 3.8) is 0 Å². The second-order valence-electron chi connectivity index (χ2n) is 10.3. The van der Waals surface area contributed by atoms with Crippen LogP contribution in [-0.2, 0) is 19.7 Å². The number of hydrogen-bond donors (Lipinski definition) is 4. The number of carbonyl (C=O) groups is 3. The third-order valence-electron chi connectivity index (χ3n) is 5.86. The fourth-order valence-corrected chi connectivity index (χ4v) is 3.94. The van der Waals surface area contributed by atoms with Gasteiger partial charge in [-0.25, -0.2) is 4.79 Å². The number of benzene rings is 1. The second-order valence-corrected chi connectivity index (χ2v) is 10.8. The topological polar surface area (TPSA) is 117 Å². The second kappa shape index (κ2) is 11.2. The van der Waals surface area contributed by atoms with Crippen molar-refractivity contribution in [2.45, 2.75) is 65.0 Å². The van der Waals surface area contributed by atoms with Crippen LogP contribution >= 0.6 is 11.6 Å². The maximum absolute atomic E-state index is 13.0. The van der Waals surface area contributed by atoms with Gasteiger partial charge in [-0.15, -0.1) is 0 Å². The molecule has 8 nitrogen and oxygen atoms in total. The molecule has 33 heavy (non-hydrogen) atoms. The first-order valence-electron chi connectivity index (χ1n) is 11.2. The fourth-order valence-electron chi connectivity index (χ4n) is 3.75. The van der Waals surface area contributed by atoms with Crippen molar-refractivity contribution >= 4 is 29.5 Å². The smallest absolute Gasteiger partial charge is 0.407 e. The van der Waals surface area contributed by atoms with Crippen molar-refractivity contribution in [2.24, 2.45) is 11.3 Å². The number of aliphatic hydroxyl groups is 1. The van der Waals surface area contributed by atoms with E-state index in [1.807, 2.05) is 52.8 Å². The SMILES string of the molecule is CC(C)(COC(=O)N[C@H](C(=O)N[C@H](CO)C[C@@H]1CCNC1=O)C(C)(C)C)c1cccc(Cl)c1. The monoisotopic (exact) mass is 481 g/mol. The van der Waals surface area contributed by atoms with Crippen molar-refractivity contribution in [1.82, 2.24) is 16.0 Å². The van der Waals surface area contributed by atoms with Crippen LogP contribution in [0.3, 0.4) is 0 Å². The molecule has 0 bridgehead atoms. The van der Waals surface area contributed by atoms with Crippen LogP contribution < -0.4 is 16.0 Å². The maximum atomic E-state index is 13.0. The lowest BCUT2D eigenvalue weighted by Crippen LogP contribution is -2.56. The van der Waals surface area contributed by atoms with Gasteiger partial charge in [0.2, 0.25) is 11.8 Å². The number of carbonyl (C=O) groups excluding carboxylic acids is 3. The van der Waals surface area contributed by atoms with Crippen LogP contribution in [-0.4, -0.2) is 54.9 Å². The van der Waals surface area contributed by atoms with E-state index < -0.39 is 34.9 Å². The highest BCUT2D eigenvalue weighted by molar-refractivity contribution is 6.30. The number of aliphatic hydroxyl groups excluding tert-OH is 1. The zero-order chi connectivity index (χ0) is 24.8. The number of hydrogen-bond acceptors (Lipinski definition) is 5. The third kappa shape index (κ3) is 7.89. The molecule has 0 spiro atoms. The first kappa shape index (κ1) is 26.9. The minimum atomic E-state index is -0.897. The van der Waals surface area contributed by atoms with Gasteiger partial charge in [-0.05, 0) is 36.0 Å². The van der Waals surface area contributed by atoms with Gasteiger partial charge < -0.3 is 25.8 Å². The number of amides is 3. The summed E-state index contributed by atoms with van der Waals surface area (Å²) in [4.78, 5) is 37.4. The molecule has 9 heteroatoms. The van der Waals surface area contributed by atoms with E-state index in [0.29, 0.717) is 24.4 Å². The molecule has 0 aliphatic carbocycles. The minimum absolute atomic E-state index is 0.0703. The van der Waals surface area contributed by atoms with Crippen molar-refractivity contribution in [3.8, 4) is 0 Å². The van der Waals surface area contributed by atoms with Gasteiger partial charge in [0.05, 0.1) is 12.6 Å². The standard InChI is InChI=1S/C24H36ClN3O5/c1-23(2,3)19(21(31)27-18(13-29)11-15-9-10-26-20(15)30)28-22(32)33-14-24(4,5)16-7-6-8-17(25)12-16/h6-8,12,15,18-19,29H,9-11,13-14H2,1-5H3,(H,26,30)(H,27,31)(H,28,32)/t15-,18-,19+/m0/s1. The van der Waals surface area contributed by atoms with E-state index in [2.05, 4.69) is 16.0 Å². The van der Waals surface area contributed by atoms with E-state index in [9.17, 15) is 19.5 Å². The summed E-state index contributed by atoms with van der Waals surface area (Å²) in [5, 5.41) is 18.5. The first-order chi connectivity index (χ1) is 15.3. The van der Waals surface area contributed by atoms with Crippen molar-refractivity contribution in [2.75, 3.05) is 19.8 Å². The highest BCUT2D eigenvalue weighted by atomic mass is 35.5. The molecule has 1 fully saturated rings. The van der Waals surface area contributed by atoms with Crippen LogP contribution in [0.15, 0.2) is 24.3 Å². The Kier molecular flexibility index (Phi) is 9.14. The average molecular weight is 482 g/mol. The molecule has 184 valence electrons. The normalized spacial score (nSPS) is 18.3. The predicted octanol–water partition coefficient (Wildman–Crippen LogP) is 2.76. The molecule has 2 rings (SSSR count). The Morgan fingerprint density at radius 1 is 1.24 bits per heavy atom. The average Bonchev–Trinajstić information content (AvgIpc) is 3.13. The maximum Gasteiger partial charge on any atom is 0.407 e. The van der Waals surface area contributed by atoms with E-state index in [0.717, 1.165) is 5.56 Å². The fraction of sp³-hybridized carbons (Fsp3) is 0.625. The molecule has 0 radical (unpaired) electrons. The van der Waals surface area contributed by atoms with Gasteiger partial charge in [0, 0.05) is 22.9 Å². The van der Waals surface area contributed by atoms with Crippen LogP contribution in [0.1, 0.15) is 53.0 Å². The zero-order valence-electron chi connectivity index (χ0n) is 20.0. The van der Waals surface area contributed by atoms with Crippen molar-refractivity contribution in [1.29, 1.82) is 0 Å². The summed E-state index contributed by atoms with van der Waals surface area (Å²) in [6, 6.07) is 5.87. The first-order valence-corrected chi connectivity index (χ1v) is 11.6. The Bertz CT molecular complexity index is 853. The summed E-state index contributed by atoms with van der Waals surface area (Å²) in [6.07, 6.45) is 0.292. The summed E-state index contributed by atoms with van der Waals surface area (Å²) in [5.41, 5.74) is -0.170. The molecule has 0 unspecified atom stereocenters. The zero-order valence-corrected chi connectivity index (χ0v) is 20.8. The Balaban J connectivity index is 1.98. The van der Waals surface area contributed by atoms with E-state index in [1.54, 1.807) is 6.07 Å². The lowest BCUT2D eigenvalue weighted by molar-refractivity contribution is -0.127. The molecule has 1 aromatic rings. The van der Waals surface area contributed by atoms with Gasteiger partial charge in [-0.2, -0.15) is 0 Å². The molecule has 0 saturated carbocycles. The Hall–Kier alpha value is -2.32. The molecule has 3 atom stereocenters. The molecule has 1 aliphatic rings. The van der Waals surface area contributed by atoms with Gasteiger partial charge in [-0.1, -0.05) is 58.4 Å². The third-order valence-corrected chi connectivity index (χ3v) is 6.09. The van der Waals surface area contributed by atoms with E-state index in [1.165, 1.54) is 0 Å². The Labute approximate surface area is 200 Å². The van der Waals surface area contributed by atoms with Crippen LogP contribution in [0, 0.1) is 11.3 Å². The lowest BCUT2D eigenvalue weighted by Gasteiger charge is -2.32. The van der Waals surface area contributed by atoms with E-state index in [-0.39, 0.29) is 25.0 Å². The summed E-state index contributed by atoms with van der Waals surface area (Å²) >= 11 is 6.08. The lowest BCUT2D eigenvalue weighted by atomic mass is 9.85. The molecular weight excluding hydrogens is 446 g/mol. The Morgan fingerprint density at radius 2 is 1.94 bits per heavy atom. The summed E-state index contributed by atoms with van der Waals surface area (Å²) in [7, 11) is 0. The molecule has 3 amide bonds. The van der Waals surface area contributed by atoms with Gasteiger partial charge in [-0.3, -0.25) is 9.59 Å². The van der Waals surface area contributed by atoms with Crippen LogP contribution in [0.5, 0.6) is 0 Å². The van der Waals surface area contributed by atoms with Gasteiger partial charge >= 0.3 is 6.09 Å². The number of nitrogens with one attached hydrogen (secondary N) is 3. The quantitative estimate of drug-likeness (QED) is 0.432. The number of rotatable bonds is 9. The molecule has 0 aromatic heterocycles. The highest BCUT2D eigenvalue weighted by Gasteiger charge is 2.36. The number of ether oxygens (including phenoxy) is 1. The Morgan fingerprint density at radius 3 is 2.48 bits per heavy atom. The summed E-state index contributed by atoms with van der Waals surface area (Å²) in [5.74, 6) is -0.757. The molecule has 1 saturated heterocycles. The van der Waals surface area contributed by atoms with Crippen LogP contribution in [0.2, 0.25) is 5.02 Å². The number of alkyl carbamates (subject to hydrolysis) is 1. The van der Waals surface area contributed by atoms with E-state index in [4.69, 9.17) is 16.3 Å². The van der Waals surface area contributed by atoms with Crippen LogP contribution in [0.25, 0.3) is 0 Å². The molecular formula is C24H36ClN3O5. The summed E-state index contributed by atoms with van der Waals surface area (Å²) < 4.78 is 5.45. The number of halogens is 1. The predicted molar refractivity (Wildman–Crippen MR) is 127 cm³/mol. The largest absolute Gasteiger partial charge is 0.449 e.